The minimum absolute atomic E-state index is 0.192. The minimum atomic E-state index is -2.79. The number of benzene rings is 1. The maximum absolute atomic E-state index is 12.2. The van der Waals surface area contributed by atoms with Gasteiger partial charge < -0.3 is 14.7 Å². The first-order chi connectivity index (χ1) is 12.6. The second-order valence-corrected chi connectivity index (χ2v) is 7.63. The average molecular weight is 368 g/mol. The molecule has 26 heavy (non-hydrogen) atoms. The molecule has 0 saturated carbocycles. The highest BCUT2D eigenvalue weighted by Gasteiger charge is 2.33. The van der Waals surface area contributed by atoms with Gasteiger partial charge in [0.05, 0.1) is 0 Å². The summed E-state index contributed by atoms with van der Waals surface area (Å²) in [5.41, 5.74) is 1.08. The molecule has 0 aromatic heterocycles. The van der Waals surface area contributed by atoms with E-state index in [1.165, 1.54) is 38.8 Å². The molecule has 2 aliphatic rings. The summed E-state index contributed by atoms with van der Waals surface area (Å²) in [6, 6.07) is 6.87. The molecular formula is C20H30F2N2O2. The molecule has 2 saturated heterocycles. The van der Waals surface area contributed by atoms with E-state index in [0.717, 1.165) is 31.7 Å². The lowest BCUT2D eigenvalue weighted by molar-refractivity contribution is -0.0498. The predicted molar refractivity (Wildman–Crippen MR) is 97.3 cm³/mol. The van der Waals surface area contributed by atoms with Gasteiger partial charge in [-0.25, -0.2) is 0 Å². The van der Waals surface area contributed by atoms with Gasteiger partial charge >= 0.3 is 6.61 Å². The number of alkyl halides is 2. The highest BCUT2D eigenvalue weighted by Crippen LogP contribution is 2.27. The molecule has 0 aliphatic carbocycles. The second kappa shape index (κ2) is 9.62. The van der Waals surface area contributed by atoms with Crippen molar-refractivity contribution in [3.8, 4) is 5.75 Å². The predicted octanol–water partition coefficient (Wildman–Crippen LogP) is 3.20. The van der Waals surface area contributed by atoms with Gasteiger partial charge in [-0.2, -0.15) is 8.78 Å². The lowest BCUT2D eigenvalue weighted by Gasteiger charge is -2.26. The highest BCUT2D eigenvalue weighted by molar-refractivity contribution is 5.27. The molecule has 1 N–H and O–H groups in total. The standard InChI is InChI=1S/C20H30F2N2O2/c21-20(22)26-19-7-5-16(6-8-19)11-24-13-17(18(14-24)15-25)12-23-9-3-1-2-4-10-23/h5-8,17-18,20,25H,1-4,9-15H2/t17-,18-/m0/s1. The summed E-state index contributed by atoms with van der Waals surface area (Å²) in [4.78, 5) is 4.94. The normalized spacial score (nSPS) is 25.5. The fraction of sp³-hybridized carbons (Fsp3) is 0.700. The van der Waals surface area contributed by atoms with Crippen LogP contribution in [-0.4, -0.2) is 60.8 Å². The van der Waals surface area contributed by atoms with Crippen molar-refractivity contribution >= 4 is 0 Å². The van der Waals surface area contributed by atoms with Gasteiger partial charge in [0, 0.05) is 32.8 Å². The first-order valence-corrected chi connectivity index (χ1v) is 9.73. The molecule has 3 rings (SSSR count). The van der Waals surface area contributed by atoms with Crippen molar-refractivity contribution in [3.63, 3.8) is 0 Å². The van der Waals surface area contributed by atoms with Gasteiger partial charge in [-0.15, -0.1) is 0 Å². The summed E-state index contributed by atoms with van der Waals surface area (Å²) < 4.78 is 28.9. The number of aliphatic hydroxyl groups excluding tert-OH is 1. The molecule has 2 fully saturated rings. The van der Waals surface area contributed by atoms with Gasteiger partial charge in [-0.3, -0.25) is 4.90 Å². The Labute approximate surface area is 154 Å². The molecule has 1 aromatic rings. The maximum atomic E-state index is 12.2. The monoisotopic (exact) mass is 368 g/mol. The van der Waals surface area contributed by atoms with E-state index >= 15 is 0 Å². The Morgan fingerprint density at radius 1 is 0.962 bits per heavy atom. The van der Waals surface area contributed by atoms with E-state index in [1.54, 1.807) is 12.1 Å². The zero-order chi connectivity index (χ0) is 18.4. The van der Waals surface area contributed by atoms with Gasteiger partial charge in [0.2, 0.25) is 0 Å². The molecule has 0 amide bonds. The molecule has 2 heterocycles. The molecule has 4 nitrogen and oxygen atoms in total. The van der Waals surface area contributed by atoms with Crippen LogP contribution in [0.15, 0.2) is 24.3 Å². The number of halogens is 2. The lowest BCUT2D eigenvalue weighted by atomic mass is 9.96. The van der Waals surface area contributed by atoms with Gasteiger partial charge in [-0.05, 0) is 55.5 Å². The fourth-order valence-electron chi connectivity index (χ4n) is 4.26. The SMILES string of the molecule is OC[C@@H]1CN(Cc2ccc(OC(F)F)cc2)C[C@@H]1CN1CCCCCC1. The fourth-order valence-corrected chi connectivity index (χ4v) is 4.26. The van der Waals surface area contributed by atoms with Gasteiger partial charge in [0.15, 0.2) is 0 Å². The van der Waals surface area contributed by atoms with E-state index in [2.05, 4.69) is 14.5 Å². The molecule has 2 atom stereocenters. The van der Waals surface area contributed by atoms with E-state index in [9.17, 15) is 13.9 Å². The topological polar surface area (TPSA) is 35.9 Å². The molecule has 146 valence electrons. The summed E-state index contributed by atoms with van der Waals surface area (Å²) in [7, 11) is 0. The number of nitrogens with zero attached hydrogens (tertiary/aromatic N) is 2. The zero-order valence-electron chi connectivity index (χ0n) is 15.3. The molecule has 0 bridgehead atoms. The Hall–Kier alpha value is -1.24. The van der Waals surface area contributed by atoms with Crippen LogP contribution in [0.5, 0.6) is 5.75 Å². The van der Waals surface area contributed by atoms with E-state index in [4.69, 9.17) is 0 Å². The van der Waals surface area contributed by atoms with Gasteiger partial charge in [0.25, 0.3) is 0 Å². The van der Waals surface area contributed by atoms with Crippen LogP contribution in [-0.2, 0) is 6.54 Å². The van der Waals surface area contributed by atoms with Crippen molar-refractivity contribution < 1.29 is 18.6 Å². The van der Waals surface area contributed by atoms with E-state index < -0.39 is 6.61 Å². The second-order valence-electron chi connectivity index (χ2n) is 7.63. The summed E-state index contributed by atoms with van der Waals surface area (Å²) in [5.74, 6) is 1.01. The van der Waals surface area contributed by atoms with Crippen LogP contribution < -0.4 is 4.74 Å². The highest BCUT2D eigenvalue weighted by atomic mass is 19.3. The van der Waals surface area contributed by atoms with Gasteiger partial charge in [0.1, 0.15) is 5.75 Å². The zero-order valence-corrected chi connectivity index (χ0v) is 15.3. The molecule has 0 unspecified atom stereocenters. The third-order valence-corrected chi connectivity index (χ3v) is 5.63. The van der Waals surface area contributed by atoms with Crippen molar-refractivity contribution in [3.05, 3.63) is 29.8 Å². The van der Waals surface area contributed by atoms with Crippen LogP contribution in [0.25, 0.3) is 0 Å². The van der Waals surface area contributed by atoms with E-state index in [1.807, 2.05) is 12.1 Å². The molecule has 0 spiro atoms. The molecule has 1 aromatic carbocycles. The van der Waals surface area contributed by atoms with Crippen molar-refractivity contribution in [2.45, 2.75) is 38.8 Å². The number of ether oxygens (including phenoxy) is 1. The number of aliphatic hydroxyl groups is 1. The maximum Gasteiger partial charge on any atom is 0.387 e. The van der Waals surface area contributed by atoms with Crippen LogP contribution in [0.4, 0.5) is 8.78 Å². The van der Waals surface area contributed by atoms with E-state index in [0.29, 0.717) is 11.8 Å². The number of hydrogen-bond donors (Lipinski definition) is 1. The van der Waals surface area contributed by atoms with Crippen molar-refractivity contribution in [1.29, 1.82) is 0 Å². The van der Waals surface area contributed by atoms with Gasteiger partial charge in [-0.1, -0.05) is 25.0 Å². The lowest BCUT2D eigenvalue weighted by Crippen LogP contribution is -2.34. The third-order valence-electron chi connectivity index (χ3n) is 5.63. The summed E-state index contributed by atoms with van der Waals surface area (Å²) in [5, 5.41) is 9.79. The summed E-state index contributed by atoms with van der Waals surface area (Å²) in [6.07, 6.45) is 5.24. The molecule has 2 aliphatic heterocycles. The van der Waals surface area contributed by atoms with Crippen LogP contribution in [0, 0.1) is 11.8 Å². The van der Waals surface area contributed by atoms with Crippen molar-refractivity contribution in [1.82, 2.24) is 9.80 Å². The van der Waals surface area contributed by atoms with Crippen LogP contribution in [0.1, 0.15) is 31.2 Å². The average Bonchev–Trinajstić information content (AvgIpc) is 2.81. The Bertz CT molecular complexity index is 533. The van der Waals surface area contributed by atoms with Crippen LogP contribution >= 0.6 is 0 Å². The Morgan fingerprint density at radius 2 is 1.62 bits per heavy atom. The molecule has 0 radical (unpaired) electrons. The summed E-state index contributed by atoms with van der Waals surface area (Å²) >= 11 is 0. The Balaban J connectivity index is 1.52. The van der Waals surface area contributed by atoms with Crippen LogP contribution in [0.3, 0.4) is 0 Å². The number of hydrogen-bond acceptors (Lipinski definition) is 4. The number of likely N-dealkylation sites (tertiary alicyclic amines) is 2. The third kappa shape index (κ3) is 5.63. The minimum Gasteiger partial charge on any atom is -0.435 e. The van der Waals surface area contributed by atoms with Crippen molar-refractivity contribution in [2.24, 2.45) is 11.8 Å². The molecular weight excluding hydrogens is 338 g/mol. The summed E-state index contributed by atoms with van der Waals surface area (Å²) in [6.45, 7) is 3.53. The Kier molecular flexibility index (Phi) is 7.23. The number of rotatable bonds is 7. The first-order valence-electron chi connectivity index (χ1n) is 9.73. The van der Waals surface area contributed by atoms with Crippen LogP contribution in [0.2, 0.25) is 0 Å². The first kappa shape index (κ1) is 19.5. The quantitative estimate of drug-likeness (QED) is 0.802. The van der Waals surface area contributed by atoms with Crippen molar-refractivity contribution in [2.75, 3.05) is 39.3 Å². The largest absolute Gasteiger partial charge is 0.435 e. The Morgan fingerprint density at radius 3 is 2.23 bits per heavy atom. The smallest absolute Gasteiger partial charge is 0.387 e. The van der Waals surface area contributed by atoms with E-state index in [-0.39, 0.29) is 12.4 Å². The molecule has 6 heteroatoms.